The van der Waals surface area contributed by atoms with Gasteiger partial charge in [0.15, 0.2) is 5.78 Å². The predicted molar refractivity (Wildman–Crippen MR) is 121 cm³/mol. The number of carbonyl (C=O) groups excluding carboxylic acids is 3. The summed E-state index contributed by atoms with van der Waals surface area (Å²) >= 11 is 1.27. The Kier molecular flexibility index (Phi) is 6.42. The summed E-state index contributed by atoms with van der Waals surface area (Å²) in [6.07, 6.45) is -3.59. The van der Waals surface area contributed by atoms with E-state index in [0.717, 1.165) is 12.1 Å². The number of primary amides is 1. The normalized spacial score (nSPS) is 16.0. The molecule has 0 spiro atoms. The lowest BCUT2D eigenvalue weighted by Crippen LogP contribution is -2.42. The monoisotopic (exact) mass is 492 g/mol. The molecule has 0 bridgehead atoms. The number of fused-ring (bicyclic) bond motifs is 1. The molecule has 34 heavy (non-hydrogen) atoms. The van der Waals surface area contributed by atoms with E-state index in [1.807, 2.05) is 0 Å². The summed E-state index contributed by atoms with van der Waals surface area (Å²) in [7, 11) is 0. The van der Waals surface area contributed by atoms with Crippen LogP contribution in [0.15, 0.2) is 54.7 Å². The van der Waals surface area contributed by atoms with Gasteiger partial charge >= 0.3 is 18.4 Å². The van der Waals surface area contributed by atoms with Crippen LogP contribution in [0.25, 0.3) is 10.9 Å². The second-order valence-corrected chi connectivity index (χ2v) is 8.64. The third-order valence-corrected chi connectivity index (χ3v) is 6.38. The number of Topliss-reactive ketones (excluding diaryl/α,β-unsaturated/α-hetero) is 1. The number of alkyl halides is 3. The van der Waals surface area contributed by atoms with E-state index in [1.54, 1.807) is 24.3 Å². The van der Waals surface area contributed by atoms with E-state index < -0.39 is 29.5 Å². The van der Waals surface area contributed by atoms with E-state index >= 15 is 0 Å². The van der Waals surface area contributed by atoms with Gasteiger partial charge in [-0.25, -0.2) is 9.59 Å². The molecule has 12 heteroatoms. The highest BCUT2D eigenvalue weighted by Crippen LogP contribution is 2.30. The van der Waals surface area contributed by atoms with Crippen molar-refractivity contribution in [2.45, 2.75) is 18.2 Å². The van der Waals surface area contributed by atoms with Crippen molar-refractivity contribution >= 4 is 46.2 Å². The number of ketones is 1. The number of nitrogens with one attached hydrogen (secondary N) is 1. The molecule has 1 aliphatic heterocycles. The van der Waals surface area contributed by atoms with Crippen molar-refractivity contribution in [1.29, 1.82) is 0 Å². The second-order valence-electron chi connectivity index (χ2n) is 7.45. The third kappa shape index (κ3) is 5.11. The van der Waals surface area contributed by atoms with Crippen LogP contribution in [-0.2, 0) is 11.2 Å². The van der Waals surface area contributed by atoms with Crippen LogP contribution in [-0.4, -0.2) is 51.3 Å². The molecule has 0 saturated carbocycles. The molecule has 3 N–H and O–H groups in total. The molecule has 178 valence electrons. The quantitative estimate of drug-likeness (QED) is 0.556. The minimum absolute atomic E-state index is 0.169. The Morgan fingerprint density at radius 1 is 1.15 bits per heavy atom. The summed E-state index contributed by atoms with van der Waals surface area (Å²) in [5.41, 5.74) is 6.63. The summed E-state index contributed by atoms with van der Waals surface area (Å²) in [6, 6.07) is 10.8. The second kappa shape index (κ2) is 9.29. The number of anilines is 1. The highest BCUT2D eigenvalue weighted by Gasteiger charge is 2.35. The number of hydrogen-bond donors (Lipinski definition) is 2. The number of amides is 3. The summed E-state index contributed by atoms with van der Waals surface area (Å²) in [6.45, 7) is 0.304. The van der Waals surface area contributed by atoms with E-state index in [2.05, 4.69) is 10.1 Å². The molecular weight excluding hydrogens is 473 g/mol. The fourth-order valence-electron chi connectivity index (χ4n) is 3.73. The Morgan fingerprint density at radius 3 is 2.65 bits per heavy atom. The van der Waals surface area contributed by atoms with Crippen molar-refractivity contribution in [2.24, 2.45) is 5.73 Å². The van der Waals surface area contributed by atoms with Gasteiger partial charge in [-0.2, -0.15) is 0 Å². The van der Waals surface area contributed by atoms with Crippen molar-refractivity contribution < 1.29 is 32.3 Å². The molecule has 1 aromatic heterocycles. The number of nitrogens with zero attached hydrogens (tertiary/aromatic N) is 2. The highest BCUT2D eigenvalue weighted by atomic mass is 32.2. The molecule has 3 aromatic rings. The van der Waals surface area contributed by atoms with Crippen LogP contribution in [0.4, 0.5) is 28.4 Å². The van der Waals surface area contributed by atoms with E-state index in [9.17, 15) is 27.6 Å². The molecule has 1 saturated heterocycles. The minimum Gasteiger partial charge on any atom is -0.406 e. The van der Waals surface area contributed by atoms with Crippen LogP contribution in [0.3, 0.4) is 0 Å². The molecule has 0 aliphatic carbocycles. The molecule has 0 radical (unpaired) electrons. The number of nitrogens with two attached hydrogens (primary N) is 1. The van der Waals surface area contributed by atoms with Crippen molar-refractivity contribution in [3.05, 3.63) is 60.3 Å². The van der Waals surface area contributed by atoms with Gasteiger partial charge in [-0.05, 0) is 23.8 Å². The first-order chi connectivity index (χ1) is 16.1. The number of thioether (sulfide) groups is 1. The van der Waals surface area contributed by atoms with Crippen molar-refractivity contribution in [3.8, 4) is 5.75 Å². The largest absolute Gasteiger partial charge is 0.573 e. The minimum atomic E-state index is -4.84. The lowest BCUT2D eigenvalue weighted by atomic mass is 10.1. The summed E-state index contributed by atoms with van der Waals surface area (Å²) in [5, 5.41) is 2.53. The molecule has 1 atom stereocenters. The first kappa shape index (κ1) is 23.5. The first-order valence-corrected chi connectivity index (χ1v) is 11.1. The first-order valence-electron chi connectivity index (χ1n) is 10.1. The van der Waals surface area contributed by atoms with Crippen molar-refractivity contribution in [3.63, 3.8) is 0 Å². The smallest absolute Gasteiger partial charge is 0.406 e. The number of para-hydroxylation sites is 1. The molecular formula is C22H19F3N4O4S. The van der Waals surface area contributed by atoms with Crippen LogP contribution in [0.1, 0.15) is 5.56 Å². The Bertz CT molecular complexity index is 1260. The Morgan fingerprint density at radius 2 is 1.91 bits per heavy atom. The van der Waals surface area contributed by atoms with Gasteiger partial charge in [0.2, 0.25) is 0 Å². The Balaban J connectivity index is 1.48. The van der Waals surface area contributed by atoms with Crippen LogP contribution < -0.4 is 15.8 Å². The number of hydrogen-bond acceptors (Lipinski definition) is 5. The van der Waals surface area contributed by atoms with Crippen LogP contribution in [0, 0.1) is 0 Å². The maximum Gasteiger partial charge on any atom is 0.573 e. The fourth-order valence-corrected chi connectivity index (χ4v) is 4.91. The molecule has 1 fully saturated rings. The zero-order valence-electron chi connectivity index (χ0n) is 17.5. The number of benzene rings is 2. The number of rotatable bonds is 5. The number of aromatic nitrogens is 1. The lowest BCUT2D eigenvalue weighted by Gasteiger charge is -2.23. The van der Waals surface area contributed by atoms with Gasteiger partial charge in [0, 0.05) is 30.3 Å². The third-order valence-electron chi connectivity index (χ3n) is 5.13. The molecule has 2 heterocycles. The number of ether oxygens (including phenoxy) is 1. The van der Waals surface area contributed by atoms with Gasteiger partial charge in [-0.15, -0.1) is 24.9 Å². The molecule has 3 amide bonds. The van der Waals surface area contributed by atoms with Crippen LogP contribution in [0.2, 0.25) is 0 Å². The standard InChI is InChI=1S/C22H19F3N4O4S/c23-22(24,25)33-14-5-3-4-13(10-14)11-18(30)19-28(8-9-34-19)21(32)27-16-12-29(20(26)31)17-7-2-1-6-15(16)17/h1-7,10,12,19H,8-9,11H2,(H2,26,31)(H,27,32)/t19-/m0/s1. The summed E-state index contributed by atoms with van der Waals surface area (Å²) in [4.78, 5) is 39.0. The lowest BCUT2D eigenvalue weighted by molar-refractivity contribution is -0.274. The molecule has 4 rings (SSSR count). The maximum absolute atomic E-state index is 13.0. The summed E-state index contributed by atoms with van der Waals surface area (Å²) in [5.74, 6) is -0.233. The number of carbonyl (C=O) groups is 3. The topological polar surface area (TPSA) is 107 Å². The van der Waals surface area contributed by atoms with Crippen LogP contribution >= 0.6 is 11.8 Å². The predicted octanol–water partition coefficient (Wildman–Crippen LogP) is 4.19. The zero-order valence-corrected chi connectivity index (χ0v) is 18.4. The van der Waals surface area contributed by atoms with E-state index in [-0.39, 0.29) is 12.2 Å². The molecule has 1 aliphatic rings. The van der Waals surface area contributed by atoms with Crippen LogP contribution in [0.5, 0.6) is 5.75 Å². The van der Waals surface area contributed by atoms with E-state index in [1.165, 1.54) is 39.6 Å². The number of halogens is 3. The molecule has 2 aromatic carbocycles. The highest BCUT2D eigenvalue weighted by molar-refractivity contribution is 8.00. The van der Waals surface area contributed by atoms with Gasteiger partial charge in [-0.3, -0.25) is 9.36 Å². The average Bonchev–Trinajstić information content (AvgIpc) is 3.38. The van der Waals surface area contributed by atoms with Gasteiger partial charge in [-0.1, -0.05) is 30.3 Å². The Hall–Kier alpha value is -3.67. The van der Waals surface area contributed by atoms with E-state index in [4.69, 9.17) is 5.73 Å². The van der Waals surface area contributed by atoms with Gasteiger partial charge < -0.3 is 20.7 Å². The van der Waals surface area contributed by atoms with Crippen molar-refractivity contribution in [2.75, 3.05) is 17.6 Å². The zero-order chi connectivity index (χ0) is 24.5. The summed E-state index contributed by atoms with van der Waals surface area (Å²) < 4.78 is 42.5. The van der Waals surface area contributed by atoms with E-state index in [0.29, 0.717) is 34.5 Å². The number of urea groups is 1. The molecule has 0 unspecified atom stereocenters. The van der Waals surface area contributed by atoms with Crippen molar-refractivity contribution in [1.82, 2.24) is 9.47 Å². The van der Waals surface area contributed by atoms with Gasteiger partial charge in [0.05, 0.1) is 11.2 Å². The average molecular weight is 492 g/mol. The van der Waals surface area contributed by atoms with Gasteiger partial charge in [0.25, 0.3) is 0 Å². The Labute approximate surface area is 195 Å². The molecule has 8 nitrogen and oxygen atoms in total. The fraction of sp³-hybridized carbons (Fsp3) is 0.227. The van der Waals surface area contributed by atoms with Gasteiger partial charge in [0.1, 0.15) is 11.1 Å². The maximum atomic E-state index is 13.0. The SMILES string of the molecule is NC(=O)n1cc(NC(=O)N2CCS[C@H]2C(=O)Cc2cccc(OC(F)(F)F)c2)c2ccccc21.